The van der Waals surface area contributed by atoms with Crippen molar-refractivity contribution in [2.24, 2.45) is 0 Å². The summed E-state index contributed by atoms with van der Waals surface area (Å²) in [5.74, 6) is -2.28. The van der Waals surface area contributed by atoms with Gasteiger partial charge >= 0.3 is 0 Å². The fourth-order valence-corrected chi connectivity index (χ4v) is 2.16. The number of rotatable bonds is 8. The van der Waals surface area contributed by atoms with E-state index in [0.29, 0.717) is 6.54 Å². The van der Waals surface area contributed by atoms with Gasteiger partial charge in [-0.25, -0.2) is 10.2 Å². The number of quaternary nitrogens is 1. The van der Waals surface area contributed by atoms with Crippen LogP contribution in [-0.4, -0.2) is 62.9 Å². The van der Waals surface area contributed by atoms with Crippen LogP contribution in [0.1, 0.15) is 26.2 Å². The van der Waals surface area contributed by atoms with Crippen LogP contribution < -0.4 is 10.4 Å². The molecule has 0 fully saturated rings. The van der Waals surface area contributed by atoms with E-state index in [1.54, 1.807) is 19.0 Å². The average molecular weight is 245 g/mol. The lowest BCUT2D eigenvalue weighted by Crippen LogP contribution is -2.79. The minimum Gasteiger partial charge on any atom is -0.541 e. The molecule has 0 saturated carbocycles. The van der Waals surface area contributed by atoms with Crippen LogP contribution >= 0.6 is 0 Å². The van der Waals surface area contributed by atoms with E-state index in [0.717, 1.165) is 19.3 Å². The second kappa shape index (κ2) is 6.33. The van der Waals surface area contributed by atoms with E-state index in [1.807, 2.05) is 21.1 Å². The Morgan fingerprint density at radius 1 is 1.29 bits per heavy atom. The minimum atomic E-state index is -1.19. The second-order valence-electron chi connectivity index (χ2n) is 5.50. The summed E-state index contributed by atoms with van der Waals surface area (Å²) in [4.78, 5) is 13.2. The van der Waals surface area contributed by atoms with Crippen molar-refractivity contribution in [1.29, 1.82) is 0 Å². The maximum absolute atomic E-state index is 11.5. The van der Waals surface area contributed by atoms with Crippen molar-refractivity contribution in [3.63, 3.8) is 0 Å². The van der Waals surface area contributed by atoms with Crippen LogP contribution in [0.25, 0.3) is 0 Å². The Bertz CT molecular complexity index is 249. The lowest BCUT2D eigenvalue weighted by atomic mass is 10.2. The number of unbranched alkanes of at least 4 members (excludes halogenated alkanes) is 2. The smallest absolute Gasteiger partial charge is 0.253 e. The summed E-state index contributed by atoms with van der Waals surface area (Å²) in [5, 5.41) is 14.7. The van der Waals surface area contributed by atoms with Crippen LogP contribution in [-0.2, 0) is 4.79 Å². The van der Waals surface area contributed by atoms with Gasteiger partial charge < -0.3 is 9.90 Å². The summed E-state index contributed by atoms with van der Waals surface area (Å²) in [6.07, 6.45) is 3.19. The number of nitrogens with one attached hydrogen (secondary N) is 1. The van der Waals surface area contributed by atoms with Crippen LogP contribution in [0.2, 0.25) is 0 Å². The van der Waals surface area contributed by atoms with E-state index in [4.69, 9.17) is 0 Å². The third kappa shape index (κ3) is 3.66. The fraction of sp³-hybridized carbons (Fsp3) is 0.917. The van der Waals surface area contributed by atoms with Crippen molar-refractivity contribution in [3.05, 3.63) is 0 Å². The normalized spacial score (nSPS) is 15.9. The molecule has 17 heavy (non-hydrogen) atoms. The molecule has 0 spiro atoms. The molecule has 0 heterocycles. The summed E-state index contributed by atoms with van der Waals surface area (Å²) in [6, 6.07) is 0. The third-order valence-corrected chi connectivity index (χ3v) is 3.05. The number of hydrogen-bond donors (Lipinski definition) is 1. The Kier molecular flexibility index (Phi) is 6.09. The molecule has 0 aromatic heterocycles. The molecule has 0 rings (SSSR count). The topological polar surface area (TPSA) is 55.4 Å². The number of aliphatic carboxylic acids is 1. The molecule has 1 N–H and O–H groups in total. The molecule has 1 atom stereocenters. The van der Waals surface area contributed by atoms with Crippen molar-refractivity contribution in [3.8, 4) is 0 Å². The third-order valence-electron chi connectivity index (χ3n) is 3.05. The number of nitrogens with zero attached hydrogens (tertiary/aromatic N) is 2. The van der Waals surface area contributed by atoms with Crippen LogP contribution in [0.5, 0.6) is 0 Å². The number of carbonyl (C=O) groups excluding carboxylic acids is 1. The standard InChI is InChI=1S/C12H27N3O2/c1-7-8-9-10-13-12(11(16)17,14(2)3)15(4,5)6/h13H,7-10H2,1-6H3. The molecule has 0 amide bonds. The molecule has 0 aromatic carbocycles. The van der Waals surface area contributed by atoms with Crippen molar-refractivity contribution in [2.75, 3.05) is 41.8 Å². The summed E-state index contributed by atoms with van der Waals surface area (Å²) in [6.45, 7) is 2.80. The molecule has 5 nitrogen and oxygen atoms in total. The highest BCUT2D eigenvalue weighted by molar-refractivity contribution is 5.74. The molecule has 5 heteroatoms. The van der Waals surface area contributed by atoms with E-state index >= 15 is 0 Å². The highest BCUT2D eigenvalue weighted by Gasteiger charge is 2.46. The Morgan fingerprint density at radius 3 is 2.12 bits per heavy atom. The lowest BCUT2D eigenvalue weighted by molar-refractivity contribution is -0.933. The van der Waals surface area contributed by atoms with Crippen molar-refractivity contribution in [1.82, 2.24) is 10.2 Å². The Morgan fingerprint density at radius 2 is 1.82 bits per heavy atom. The lowest BCUT2D eigenvalue weighted by Gasteiger charge is -2.50. The van der Waals surface area contributed by atoms with Crippen LogP contribution in [0.3, 0.4) is 0 Å². The number of carboxylic acid groups (broad SMARTS) is 1. The first-order valence-corrected chi connectivity index (χ1v) is 6.15. The van der Waals surface area contributed by atoms with Crippen molar-refractivity contribution >= 4 is 5.97 Å². The molecule has 0 aromatic rings. The van der Waals surface area contributed by atoms with Gasteiger partial charge in [0, 0.05) is 6.54 Å². The molecule has 0 aliphatic rings. The van der Waals surface area contributed by atoms with Gasteiger partial charge in [-0.2, -0.15) is 0 Å². The van der Waals surface area contributed by atoms with Gasteiger partial charge in [0.05, 0.1) is 21.1 Å². The van der Waals surface area contributed by atoms with Gasteiger partial charge in [-0.15, -0.1) is 0 Å². The van der Waals surface area contributed by atoms with E-state index in [9.17, 15) is 9.90 Å². The molecule has 102 valence electrons. The molecular weight excluding hydrogens is 218 g/mol. The quantitative estimate of drug-likeness (QED) is 0.354. The molecule has 1 unspecified atom stereocenters. The van der Waals surface area contributed by atoms with E-state index in [1.165, 1.54) is 0 Å². The van der Waals surface area contributed by atoms with Gasteiger partial charge in [0.2, 0.25) is 0 Å². The predicted octanol–water partition coefficient (Wildman–Crippen LogP) is -0.562. The van der Waals surface area contributed by atoms with Crippen LogP contribution in [0.4, 0.5) is 0 Å². The van der Waals surface area contributed by atoms with E-state index < -0.39 is 11.8 Å². The van der Waals surface area contributed by atoms with Gasteiger partial charge in [0.1, 0.15) is 5.97 Å². The highest BCUT2D eigenvalue weighted by atomic mass is 16.4. The maximum Gasteiger partial charge on any atom is 0.253 e. The molecule has 0 saturated heterocycles. The summed E-state index contributed by atoms with van der Waals surface area (Å²) in [7, 11) is 9.06. The van der Waals surface area contributed by atoms with Crippen LogP contribution in [0.15, 0.2) is 0 Å². The predicted molar refractivity (Wildman–Crippen MR) is 67.0 cm³/mol. The van der Waals surface area contributed by atoms with Gasteiger partial charge in [-0.05, 0) is 20.5 Å². The highest BCUT2D eigenvalue weighted by Crippen LogP contribution is 2.18. The largest absolute Gasteiger partial charge is 0.541 e. The van der Waals surface area contributed by atoms with E-state index in [-0.39, 0.29) is 4.48 Å². The van der Waals surface area contributed by atoms with Gasteiger partial charge in [-0.3, -0.25) is 4.48 Å². The summed E-state index contributed by atoms with van der Waals surface area (Å²) >= 11 is 0. The molecule has 0 aliphatic carbocycles. The minimum absolute atomic E-state index is 0.245. The van der Waals surface area contributed by atoms with E-state index in [2.05, 4.69) is 12.2 Å². The fourth-order valence-electron chi connectivity index (χ4n) is 2.16. The first kappa shape index (κ1) is 16.4. The first-order valence-electron chi connectivity index (χ1n) is 6.15. The second-order valence-corrected chi connectivity index (χ2v) is 5.50. The van der Waals surface area contributed by atoms with Gasteiger partial charge in [-0.1, -0.05) is 19.8 Å². The number of carbonyl (C=O) groups is 1. The number of hydrogen-bond acceptors (Lipinski definition) is 4. The molecule has 0 radical (unpaired) electrons. The molecule has 0 aliphatic heterocycles. The van der Waals surface area contributed by atoms with Crippen LogP contribution in [0, 0.1) is 0 Å². The zero-order valence-electron chi connectivity index (χ0n) is 12.0. The Hall–Kier alpha value is -0.650. The van der Waals surface area contributed by atoms with Crippen molar-refractivity contribution < 1.29 is 14.4 Å². The first-order chi connectivity index (χ1) is 7.70. The number of likely N-dealkylation sites (N-methyl/N-ethyl adjacent to an activating group) is 2. The summed E-state index contributed by atoms with van der Waals surface area (Å²) in [5.41, 5.74) is 0. The number of carboxylic acids is 1. The molecule has 0 bridgehead atoms. The van der Waals surface area contributed by atoms with Gasteiger partial charge in [0.15, 0.2) is 0 Å². The Labute approximate surface area is 105 Å². The zero-order chi connectivity index (χ0) is 13.7. The molecular formula is C12H27N3O2. The zero-order valence-corrected chi connectivity index (χ0v) is 12.0. The monoisotopic (exact) mass is 245 g/mol. The SMILES string of the molecule is CCCCCNC(C(=O)[O-])(N(C)C)[N+](C)(C)C. The maximum atomic E-state index is 11.5. The van der Waals surface area contributed by atoms with Gasteiger partial charge in [0.25, 0.3) is 5.79 Å². The Balaban J connectivity index is 4.89. The van der Waals surface area contributed by atoms with Crippen molar-refractivity contribution in [2.45, 2.75) is 32.0 Å². The summed E-state index contributed by atoms with van der Waals surface area (Å²) < 4.78 is 0.245. The average Bonchev–Trinajstić information content (AvgIpc) is 2.14.